The molecule has 2 unspecified atom stereocenters. The smallest absolute Gasteiger partial charge is 0.0542 e. The molecule has 0 saturated carbocycles. The molecule has 2 rings (SSSR count). The molecule has 2 atom stereocenters. The van der Waals surface area contributed by atoms with Gasteiger partial charge in [-0.1, -0.05) is 24.3 Å². The summed E-state index contributed by atoms with van der Waals surface area (Å²) in [6.45, 7) is 3.89. The van der Waals surface area contributed by atoms with Crippen LogP contribution in [0.2, 0.25) is 0 Å². The number of allylic oxidation sites excluding steroid dienone is 2. The van der Waals surface area contributed by atoms with Gasteiger partial charge < -0.3 is 5.32 Å². The van der Waals surface area contributed by atoms with E-state index in [9.17, 15) is 0 Å². The van der Waals surface area contributed by atoms with Crippen molar-refractivity contribution in [2.75, 3.05) is 0 Å². The van der Waals surface area contributed by atoms with Gasteiger partial charge in [0.05, 0.1) is 6.04 Å². The van der Waals surface area contributed by atoms with Gasteiger partial charge in [0, 0.05) is 5.92 Å². The highest BCUT2D eigenvalue weighted by Crippen LogP contribution is 2.27. The van der Waals surface area contributed by atoms with Crippen molar-refractivity contribution in [3.8, 4) is 0 Å². The van der Waals surface area contributed by atoms with Crippen molar-refractivity contribution in [2.45, 2.75) is 12.5 Å². The van der Waals surface area contributed by atoms with E-state index in [4.69, 9.17) is 0 Å². The molecule has 0 amide bonds. The fourth-order valence-electron chi connectivity index (χ4n) is 1.66. The largest absolute Gasteiger partial charge is 0.384 e. The molecular formula is C10H12N. The summed E-state index contributed by atoms with van der Waals surface area (Å²) in [7, 11) is 0. The third kappa shape index (κ3) is 1.01. The summed E-state index contributed by atoms with van der Waals surface area (Å²) in [5.41, 5.74) is 1.41. The lowest BCUT2D eigenvalue weighted by Gasteiger charge is -2.17. The first-order chi connectivity index (χ1) is 5.42. The summed E-state index contributed by atoms with van der Waals surface area (Å²) in [5.74, 6) is 0.567. The molecule has 1 nitrogen and oxygen atoms in total. The minimum Gasteiger partial charge on any atom is -0.384 e. The Morgan fingerprint density at radius 2 is 2.18 bits per heavy atom. The third-order valence-corrected chi connectivity index (χ3v) is 2.31. The molecular weight excluding hydrogens is 134 g/mol. The van der Waals surface area contributed by atoms with Crippen LogP contribution in [-0.2, 0) is 0 Å². The molecule has 2 aliphatic rings. The highest BCUT2D eigenvalue weighted by Gasteiger charge is 2.24. The van der Waals surface area contributed by atoms with Crippen molar-refractivity contribution in [3.05, 3.63) is 43.0 Å². The minimum atomic E-state index is 0.497. The van der Waals surface area contributed by atoms with E-state index in [-0.39, 0.29) is 0 Å². The Labute approximate surface area is 67.5 Å². The summed E-state index contributed by atoms with van der Waals surface area (Å²) < 4.78 is 0. The summed E-state index contributed by atoms with van der Waals surface area (Å²) >= 11 is 0. The molecule has 1 heterocycles. The van der Waals surface area contributed by atoms with Crippen molar-refractivity contribution in [3.63, 3.8) is 0 Å². The van der Waals surface area contributed by atoms with Crippen molar-refractivity contribution < 1.29 is 0 Å². The van der Waals surface area contributed by atoms with Crippen molar-refractivity contribution >= 4 is 0 Å². The van der Waals surface area contributed by atoms with Gasteiger partial charge >= 0.3 is 0 Å². The summed E-state index contributed by atoms with van der Waals surface area (Å²) in [6.07, 6.45) is 11.6. The predicted octanol–water partition coefficient (Wildman–Crippen LogP) is 1.81. The van der Waals surface area contributed by atoms with E-state index in [1.165, 1.54) is 5.57 Å². The molecule has 0 aromatic rings. The van der Waals surface area contributed by atoms with Crippen molar-refractivity contribution in [1.82, 2.24) is 5.32 Å². The van der Waals surface area contributed by atoms with Crippen LogP contribution >= 0.6 is 0 Å². The quantitative estimate of drug-likeness (QED) is 0.595. The van der Waals surface area contributed by atoms with Crippen LogP contribution in [0.4, 0.5) is 0 Å². The van der Waals surface area contributed by atoms with Gasteiger partial charge in [-0.3, -0.25) is 0 Å². The van der Waals surface area contributed by atoms with Gasteiger partial charge in [0.2, 0.25) is 0 Å². The average molecular weight is 146 g/mol. The predicted molar refractivity (Wildman–Crippen MR) is 46.8 cm³/mol. The maximum atomic E-state index is 3.89. The fourth-order valence-corrected chi connectivity index (χ4v) is 1.66. The Morgan fingerprint density at radius 1 is 1.36 bits per heavy atom. The van der Waals surface area contributed by atoms with Crippen LogP contribution in [0.15, 0.2) is 36.1 Å². The molecule has 57 valence electrons. The second-order valence-corrected chi connectivity index (χ2v) is 2.96. The second kappa shape index (κ2) is 2.57. The molecule has 0 spiro atoms. The van der Waals surface area contributed by atoms with Gasteiger partial charge in [-0.15, -0.1) is 0 Å². The molecule has 1 radical (unpaired) electrons. The van der Waals surface area contributed by atoms with Crippen LogP contribution in [0.25, 0.3) is 0 Å². The van der Waals surface area contributed by atoms with Crippen LogP contribution in [0, 0.1) is 12.8 Å². The number of hydrogen-bond donors (Lipinski definition) is 1. The van der Waals surface area contributed by atoms with E-state index < -0.39 is 0 Å². The lowest BCUT2D eigenvalue weighted by molar-refractivity contribution is 0.626. The number of nitrogens with one attached hydrogen (secondary N) is 1. The van der Waals surface area contributed by atoms with Crippen molar-refractivity contribution in [1.29, 1.82) is 0 Å². The lowest BCUT2D eigenvalue weighted by atomic mass is 9.90. The monoisotopic (exact) mass is 146 g/mol. The van der Waals surface area contributed by atoms with Gasteiger partial charge in [0.25, 0.3) is 0 Å². The summed E-state index contributed by atoms with van der Waals surface area (Å²) in [6, 6.07) is 0.497. The second-order valence-electron chi connectivity index (χ2n) is 2.96. The standard InChI is InChI=1S/C10H12N/c1-2-8-7-11-10-6-4-3-5-9(8)10/h3-7,9-11H,1-2H2. The normalized spacial score (nSPS) is 33.0. The Hall–Kier alpha value is -0.980. The third-order valence-electron chi connectivity index (χ3n) is 2.31. The van der Waals surface area contributed by atoms with E-state index in [2.05, 4.69) is 42.7 Å². The number of rotatable bonds is 1. The first-order valence-electron chi connectivity index (χ1n) is 4.01. The zero-order chi connectivity index (χ0) is 7.68. The van der Waals surface area contributed by atoms with Gasteiger partial charge in [0.1, 0.15) is 0 Å². The molecule has 0 aromatic carbocycles. The van der Waals surface area contributed by atoms with Gasteiger partial charge in [-0.2, -0.15) is 0 Å². The van der Waals surface area contributed by atoms with Gasteiger partial charge in [-0.25, -0.2) is 0 Å². The molecule has 1 N–H and O–H groups in total. The summed E-state index contributed by atoms with van der Waals surface area (Å²) in [5, 5.41) is 3.32. The first-order valence-corrected chi connectivity index (χ1v) is 4.01. The van der Waals surface area contributed by atoms with Crippen molar-refractivity contribution in [2.24, 2.45) is 5.92 Å². The molecule has 0 aromatic heterocycles. The Kier molecular flexibility index (Phi) is 1.57. The topological polar surface area (TPSA) is 12.0 Å². The Bertz CT molecular complexity index is 235. The van der Waals surface area contributed by atoms with Gasteiger partial charge in [-0.05, 0) is 25.1 Å². The lowest BCUT2D eigenvalue weighted by Crippen LogP contribution is -2.24. The Morgan fingerprint density at radius 3 is 3.00 bits per heavy atom. The average Bonchev–Trinajstić information content (AvgIpc) is 2.47. The summed E-state index contributed by atoms with van der Waals surface area (Å²) in [4.78, 5) is 0. The highest BCUT2D eigenvalue weighted by molar-refractivity contribution is 5.31. The molecule has 11 heavy (non-hydrogen) atoms. The molecule has 0 bridgehead atoms. The minimum absolute atomic E-state index is 0.497. The first kappa shape index (κ1) is 6.71. The van der Waals surface area contributed by atoms with E-state index in [1.807, 2.05) is 0 Å². The van der Waals surface area contributed by atoms with E-state index >= 15 is 0 Å². The zero-order valence-corrected chi connectivity index (χ0v) is 6.46. The Balaban J connectivity index is 2.20. The maximum absolute atomic E-state index is 3.89. The van der Waals surface area contributed by atoms with Crippen LogP contribution in [0.1, 0.15) is 6.42 Å². The fraction of sp³-hybridized carbons (Fsp3) is 0.300. The molecule has 1 aliphatic heterocycles. The van der Waals surface area contributed by atoms with Crippen LogP contribution < -0.4 is 5.32 Å². The number of fused-ring (bicyclic) bond motifs is 1. The van der Waals surface area contributed by atoms with Gasteiger partial charge in [0.15, 0.2) is 0 Å². The van der Waals surface area contributed by atoms with E-state index in [0.717, 1.165) is 6.42 Å². The van der Waals surface area contributed by atoms with Crippen LogP contribution in [0.3, 0.4) is 0 Å². The van der Waals surface area contributed by atoms with Crippen LogP contribution in [-0.4, -0.2) is 6.04 Å². The molecule has 0 fully saturated rings. The highest BCUT2D eigenvalue weighted by atomic mass is 14.9. The SMILES string of the molecule is [CH2]CC1=CNC2C=CC=CC12. The van der Waals surface area contributed by atoms with E-state index in [1.54, 1.807) is 0 Å². The van der Waals surface area contributed by atoms with Crippen LogP contribution in [0.5, 0.6) is 0 Å². The molecule has 1 aliphatic carbocycles. The number of hydrogen-bond acceptors (Lipinski definition) is 1. The maximum Gasteiger partial charge on any atom is 0.0542 e. The molecule has 0 saturated heterocycles. The zero-order valence-electron chi connectivity index (χ0n) is 6.46. The van der Waals surface area contributed by atoms with E-state index in [0.29, 0.717) is 12.0 Å². The molecule has 1 heteroatoms.